The molecule has 0 bridgehead atoms. The van der Waals surface area contributed by atoms with Crippen LogP contribution in [0.1, 0.15) is 105 Å². The van der Waals surface area contributed by atoms with Crippen molar-refractivity contribution in [3.05, 3.63) is 0 Å². The Bertz CT molecular complexity index is 599. The highest BCUT2D eigenvalue weighted by molar-refractivity contribution is 6.74. The second-order valence-electron chi connectivity index (χ2n) is 11.8. The van der Waals surface area contributed by atoms with Crippen molar-refractivity contribution in [3.8, 4) is 0 Å². The van der Waals surface area contributed by atoms with E-state index in [-0.39, 0.29) is 5.04 Å². The van der Waals surface area contributed by atoms with Crippen LogP contribution in [0.3, 0.4) is 0 Å². The van der Waals surface area contributed by atoms with Crippen LogP contribution in [-0.4, -0.2) is 44.7 Å². The Morgan fingerprint density at radius 3 is 2.27 bits per heavy atom. The molecule has 1 unspecified atom stereocenters. The molecular weight excluding hydrogens is 434 g/mol. The fourth-order valence-corrected chi connectivity index (χ4v) is 6.38. The molecule has 0 heterocycles. The second-order valence-corrected chi connectivity index (χ2v) is 16.4. The van der Waals surface area contributed by atoms with Crippen LogP contribution in [0.5, 0.6) is 0 Å². The molecule has 1 rings (SSSR count). The van der Waals surface area contributed by atoms with Gasteiger partial charge in [0, 0.05) is 11.6 Å². The smallest absolute Gasteiger partial charge is 0.407 e. The normalized spacial score (nSPS) is 16.9. The standard InChI is InChI=1S/C26H51NO5Si/c1-8-9-19-31-24(30)27-20-26(4,5)33(6,7)32-22(23(28)29)17-13-14-18-25(2,3)21-15-11-10-12-16-21/h21-22H,8-20H2,1-7H3,(H,27,30)(H,28,29). The quantitative estimate of drug-likeness (QED) is 0.190. The lowest BCUT2D eigenvalue weighted by Crippen LogP contribution is -2.51. The minimum Gasteiger partial charge on any atom is -0.479 e. The molecule has 0 spiro atoms. The zero-order valence-corrected chi connectivity index (χ0v) is 23.4. The predicted molar refractivity (Wildman–Crippen MR) is 137 cm³/mol. The summed E-state index contributed by atoms with van der Waals surface area (Å²) in [6.07, 6.45) is 10.9. The fraction of sp³-hybridized carbons (Fsp3) is 0.923. The van der Waals surface area contributed by atoms with Gasteiger partial charge in [0.05, 0.1) is 6.61 Å². The second kappa shape index (κ2) is 13.7. The largest absolute Gasteiger partial charge is 0.479 e. The number of carbonyl (C=O) groups excluding carboxylic acids is 1. The third kappa shape index (κ3) is 10.4. The zero-order chi connectivity index (χ0) is 25.1. The van der Waals surface area contributed by atoms with E-state index in [1.807, 2.05) is 33.9 Å². The molecule has 1 saturated carbocycles. The Kier molecular flexibility index (Phi) is 12.4. The summed E-state index contributed by atoms with van der Waals surface area (Å²) in [7, 11) is -2.44. The van der Waals surface area contributed by atoms with Crippen molar-refractivity contribution in [1.82, 2.24) is 5.32 Å². The van der Waals surface area contributed by atoms with E-state index >= 15 is 0 Å². The maximum Gasteiger partial charge on any atom is 0.407 e. The van der Waals surface area contributed by atoms with Gasteiger partial charge in [-0.15, -0.1) is 0 Å². The molecule has 1 aliphatic rings. The highest BCUT2D eigenvalue weighted by Crippen LogP contribution is 2.42. The molecule has 7 heteroatoms. The lowest BCUT2D eigenvalue weighted by molar-refractivity contribution is -0.146. The summed E-state index contributed by atoms with van der Waals surface area (Å²) >= 11 is 0. The van der Waals surface area contributed by atoms with E-state index in [0.717, 1.165) is 38.0 Å². The molecule has 33 heavy (non-hydrogen) atoms. The summed E-state index contributed by atoms with van der Waals surface area (Å²) in [6.45, 7) is 15.8. The van der Waals surface area contributed by atoms with Gasteiger partial charge in [0.25, 0.3) is 0 Å². The number of nitrogens with one attached hydrogen (secondary N) is 1. The Morgan fingerprint density at radius 2 is 1.70 bits per heavy atom. The molecule has 0 saturated heterocycles. The Hall–Kier alpha value is -1.08. The summed E-state index contributed by atoms with van der Waals surface area (Å²) in [5, 5.41) is 12.3. The summed E-state index contributed by atoms with van der Waals surface area (Å²) in [5.41, 5.74) is 0.327. The van der Waals surface area contributed by atoms with Gasteiger partial charge >= 0.3 is 12.1 Å². The van der Waals surface area contributed by atoms with Gasteiger partial charge < -0.3 is 19.6 Å². The molecule has 0 aromatic rings. The minimum absolute atomic E-state index is 0.327. The number of carboxylic acids is 1. The SMILES string of the molecule is CCCCOC(=O)NCC(C)(C)[Si](C)(C)OC(CCCCC(C)(C)C1CCCCC1)C(=O)O. The summed E-state index contributed by atoms with van der Waals surface area (Å²) in [4.78, 5) is 23.9. The van der Waals surface area contributed by atoms with E-state index in [4.69, 9.17) is 9.16 Å². The first-order valence-corrected chi connectivity index (χ1v) is 16.0. The van der Waals surface area contributed by atoms with Crippen LogP contribution < -0.4 is 5.32 Å². The molecule has 2 N–H and O–H groups in total. The van der Waals surface area contributed by atoms with Gasteiger partial charge in [-0.25, -0.2) is 9.59 Å². The van der Waals surface area contributed by atoms with Crippen molar-refractivity contribution in [2.45, 2.75) is 129 Å². The maximum absolute atomic E-state index is 12.0. The van der Waals surface area contributed by atoms with Gasteiger partial charge in [0.15, 0.2) is 8.32 Å². The van der Waals surface area contributed by atoms with Crippen molar-refractivity contribution in [3.63, 3.8) is 0 Å². The highest BCUT2D eigenvalue weighted by atomic mass is 28.4. The number of hydrogen-bond acceptors (Lipinski definition) is 4. The van der Waals surface area contributed by atoms with Crippen LogP contribution >= 0.6 is 0 Å². The van der Waals surface area contributed by atoms with Crippen LogP contribution in [0.25, 0.3) is 0 Å². The number of ether oxygens (including phenoxy) is 1. The van der Waals surface area contributed by atoms with Crippen LogP contribution in [0, 0.1) is 11.3 Å². The third-order valence-electron chi connectivity index (χ3n) is 8.00. The van der Waals surface area contributed by atoms with Gasteiger partial charge in [-0.1, -0.05) is 73.1 Å². The number of carboxylic acid groups (broad SMARTS) is 1. The number of alkyl carbamates (subject to hydrolysis) is 1. The van der Waals surface area contributed by atoms with E-state index in [1.54, 1.807) is 0 Å². The van der Waals surface area contributed by atoms with Crippen molar-refractivity contribution in [2.75, 3.05) is 13.2 Å². The monoisotopic (exact) mass is 485 g/mol. The van der Waals surface area contributed by atoms with Crippen LogP contribution in [0.15, 0.2) is 0 Å². The van der Waals surface area contributed by atoms with Crippen LogP contribution in [0.4, 0.5) is 4.79 Å². The van der Waals surface area contributed by atoms with Gasteiger partial charge in [0.2, 0.25) is 0 Å². The third-order valence-corrected chi connectivity index (χ3v) is 12.3. The molecule has 6 nitrogen and oxygen atoms in total. The maximum atomic E-state index is 12.0. The Balaban J connectivity index is 2.53. The van der Waals surface area contributed by atoms with Crippen molar-refractivity contribution in [1.29, 1.82) is 0 Å². The first-order chi connectivity index (χ1) is 15.3. The van der Waals surface area contributed by atoms with Crippen molar-refractivity contribution < 1.29 is 23.9 Å². The molecule has 194 valence electrons. The Morgan fingerprint density at radius 1 is 1.06 bits per heavy atom. The lowest BCUT2D eigenvalue weighted by Gasteiger charge is -2.41. The number of amides is 1. The summed E-state index contributed by atoms with van der Waals surface area (Å²) < 4.78 is 11.5. The molecule has 1 aliphatic carbocycles. The van der Waals surface area contributed by atoms with Gasteiger partial charge in [-0.05, 0) is 56.5 Å². The number of unbranched alkanes of at least 4 members (excludes halogenated alkanes) is 2. The van der Waals surface area contributed by atoms with E-state index in [9.17, 15) is 14.7 Å². The molecule has 0 aromatic heterocycles. The lowest BCUT2D eigenvalue weighted by atomic mass is 9.69. The molecule has 1 fully saturated rings. The molecule has 1 amide bonds. The van der Waals surface area contributed by atoms with Gasteiger partial charge in [-0.2, -0.15) is 0 Å². The van der Waals surface area contributed by atoms with Crippen molar-refractivity contribution >= 4 is 20.4 Å². The van der Waals surface area contributed by atoms with E-state index in [2.05, 4.69) is 19.2 Å². The summed E-state index contributed by atoms with van der Waals surface area (Å²) in [6, 6.07) is 0. The van der Waals surface area contributed by atoms with E-state index in [1.165, 1.54) is 32.1 Å². The first kappa shape index (κ1) is 29.9. The molecular formula is C26H51NO5Si. The molecule has 0 aromatic carbocycles. The predicted octanol–water partition coefficient (Wildman–Crippen LogP) is 7.13. The van der Waals surface area contributed by atoms with Crippen molar-refractivity contribution in [2.24, 2.45) is 11.3 Å². The van der Waals surface area contributed by atoms with Gasteiger partial charge in [0.1, 0.15) is 6.10 Å². The Labute approximate surface area is 203 Å². The number of carbonyl (C=O) groups is 2. The fourth-order valence-electron chi connectivity index (χ4n) is 4.61. The summed E-state index contributed by atoms with van der Waals surface area (Å²) in [5.74, 6) is -0.0871. The van der Waals surface area contributed by atoms with Crippen LogP contribution in [-0.2, 0) is 14.0 Å². The van der Waals surface area contributed by atoms with E-state index in [0.29, 0.717) is 25.0 Å². The van der Waals surface area contributed by atoms with E-state index < -0.39 is 26.5 Å². The molecule has 0 radical (unpaired) electrons. The zero-order valence-electron chi connectivity index (χ0n) is 22.4. The molecule has 0 aliphatic heterocycles. The highest BCUT2D eigenvalue weighted by Gasteiger charge is 2.44. The molecule has 1 atom stereocenters. The van der Waals surface area contributed by atoms with Gasteiger partial charge in [-0.3, -0.25) is 0 Å². The number of rotatable bonds is 15. The minimum atomic E-state index is -2.44. The number of hydrogen-bond donors (Lipinski definition) is 2. The average molecular weight is 486 g/mol. The topological polar surface area (TPSA) is 84.9 Å². The van der Waals surface area contributed by atoms with Crippen LogP contribution in [0.2, 0.25) is 18.1 Å². The number of aliphatic carboxylic acids is 1. The average Bonchev–Trinajstić information content (AvgIpc) is 2.75. The first-order valence-electron chi connectivity index (χ1n) is 13.1.